The van der Waals surface area contributed by atoms with Gasteiger partial charge in [0.25, 0.3) is 0 Å². The molecular weight excluding hydrogens is 210 g/mol. The fraction of sp³-hybridized carbons (Fsp3) is 0.600. The fourth-order valence-corrected chi connectivity index (χ4v) is 2.48. The van der Waals surface area contributed by atoms with E-state index in [1.165, 1.54) is 24.0 Å². The molecule has 0 bridgehead atoms. The summed E-state index contributed by atoms with van der Waals surface area (Å²) in [4.78, 5) is 0. The first kappa shape index (κ1) is 12.4. The third-order valence-corrected chi connectivity index (χ3v) is 3.80. The highest BCUT2D eigenvalue weighted by atomic mass is 16.5. The zero-order chi connectivity index (χ0) is 12.3. The second kappa shape index (κ2) is 5.54. The predicted octanol–water partition coefficient (Wildman–Crippen LogP) is 3.32. The van der Waals surface area contributed by atoms with Crippen LogP contribution in [0.2, 0.25) is 0 Å². The number of para-hydroxylation sites is 1. The number of rotatable bonds is 5. The third-order valence-electron chi connectivity index (χ3n) is 3.80. The molecule has 1 aromatic carbocycles. The summed E-state index contributed by atoms with van der Waals surface area (Å²) in [7, 11) is 2.04. The fourth-order valence-electron chi connectivity index (χ4n) is 2.48. The quantitative estimate of drug-likeness (QED) is 0.842. The van der Waals surface area contributed by atoms with E-state index in [0.717, 1.165) is 24.7 Å². The van der Waals surface area contributed by atoms with Gasteiger partial charge in [-0.25, -0.2) is 0 Å². The average Bonchev–Trinajstić information content (AvgIpc) is 2.83. The molecule has 2 rings (SSSR count). The zero-order valence-corrected chi connectivity index (χ0v) is 11.1. The van der Waals surface area contributed by atoms with E-state index in [2.05, 4.69) is 37.4 Å². The molecule has 0 aliphatic carbocycles. The lowest BCUT2D eigenvalue weighted by Crippen LogP contribution is -2.19. The Kier molecular flexibility index (Phi) is 4.06. The Bertz CT molecular complexity index is 375. The molecule has 17 heavy (non-hydrogen) atoms. The van der Waals surface area contributed by atoms with E-state index in [1.807, 2.05) is 7.05 Å². The van der Waals surface area contributed by atoms with Gasteiger partial charge in [-0.1, -0.05) is 38.5 Å². The van der Waals surface area contributed by atoms with Crippen LogP contribution in [0.5, 0.6) is 5.75 Å². The van der Waals surface area contributed by atoms with Crippen molar-refractivity contribution in [1.29, 1.82) is 0 Å². The molecule has 1 aliphatic rings. The number of nitrogens with one attached hydrogen (secondary N) is 1. The maximum Gasteiger partial charge on any atom is 0.127 e. The Morgan fingerprint density at radius 1 is 1.41 bits per heavy atom. The minimum atomic E-state index is 0.415. The summed E-state index contributed by atoms with van der Waals surface area (Å²) >= 11 is 0. The largest absolute Gasteiger partial charge is 0.493 e. The molecule has 2 heteroatoms. The van der Waals surface area contributed by atoms with Crippen molar-refractivity contribution >= 4 is 0 Å². The number of fused-ring (bicyclic) bond motifs is 1. The first-order chi connectivity index (χ1) is 8.26. The van der Waals surface area contributed by atoms with Crippen LogP contribution in [0.15, 0.2) is 18.2 Å². The number of benzene rings is 1. The first-order valence-corrected chi connectivity index (χ1v) is 6.68. The van der Waals surface area contributed by atoms with E-state index in [1.54, 1.807) is 0 Å². The summed E-state index contributed by atoms with van der Waals surface area (Å²) in [5.41, 5.74) is 2.70. The smallest absolute Gasteiger partial charge is 0.127 e. The molecule has 0 fully saturated rings. The van der Waals surface area contributed by atoms with E-state index >= 15 is 0 Å². The van der Waals surface area contributed by atoms with Crippen molar-refractivity contribution in [1.82, 2.24) is 5.32 Å². The van der Waals surface area contributed by atoms with Crippen molar-refractivity contribution in [3.8, 4) is 5.75 Å². The minimum absolute atomic E-state index is 0.415. The summed E-state index contributed by atoms with van der Waals surface area (Å²) in [6.45, 7) is 5.41. The minimum Gasteiger partial charge on any atom is -0.493 e. The van der Waals surface area contributed by atoms with Gasteiger partial charge in [0.1, 0.15) is 5.75 Å². The lowest BCUT2D eigenvalue weighted by Gasteiger charge is -2.22. The summed E-state index contributed by atoms with van der Waals surface area (Å²) in [5.74, 6) is 1.87. The van der Waals surface area contributed by atoms with Gasteiger partial charge in [0.05, 0.1) is 6.61 Å². The van der Waals surface area contributed by atoms with E-state index in [9.17, 15) is 0 Å². The second-order valence-electron chi connectivity index (χ2n) is 5.02. The average molecular weight is 233 g/mol. The summed E-state index contributed by atoms with van der Waals surface area (Å²) in [5, 5.41) is 3.43. The molecule has 1 aromatic rings. The van der Waals surface area contributed by atoms with Gasteiger partial charge in [0.15, 0.2) is 0 Å². The van der Waals surface area contributed by atoms with Crippen LogP contribution in [0.1, 0.15) is 43.9 Å². The van der Waals surface area contributed by atoms with Crippen molar-refractivity contribution in [3.63, 3.8) is 0 Å². The summed E-state index contributed by atoms with van der Waals surface area (Å²) in [6, 6.07) is 6.96. The van der Waals surface area contributed by atoms with Crippen molar-refractivity contribution < 1.29 is 4.74 Å². The van der Waals surface area contributed by atoms with E-state index in [0.29, 0.717) is 6.04 Å². The van der Waals surface area contributed by atoms with Gasteiger partial charge in [-0.3, -0.25) is 0 Å². The van der Waals surface area contributed by atoms with Gasteiger partial charge < -0.3 is 10.1 Å². The molecule has 2 atom stereocenters. The zero-order valence-electron chi connectivity index (χ0n) is 11.1. The van der Waals surface area contributed by atoms with Gasteiger partial charge in [-0.05, 0) is 24.9 Å². The summed E-state index contributed by atoms with van der Waals surface area (Å²) < 4.78 is 5.79. The number of hydrogen-bond donors (Lipinski definition) is 1. The van der Waals surface area contributed by atoms with Crippen molar-refractivity contribution in [2.45, 2.75) is 39.2 Å². The molecule has 1 heterocycles. The van der Waals surface area contributed by atoms with E-state index in [4.69, 9.17) is 4.74 Å². The van der Waals surface area contributed by atoms with Crippen molar-refractivity contribution in [2.24, 2.45) is 5.92 Å². The van der Waals surface area contributed by atoms with Crippen LogP contribution < -0.4 is 10.1 Å². The lowest BCUT2D eigenvalue weighted by molar-refractivity contribution is 0.342. The number of hydrogen-bond acceptors (Lipinski definition) is 2. The highest BCUT2D eigenvalue weighted by Crippen LogP contribution is 2.35. The summed E-state index contributed by atoms with van der Waals surface area (Å²) in [6.07, 6.45) is 3.46. The first-order valence-electron chi connectivity index (χ1n) is 6.68. The standard InChI is InChI=1S/C15H23NO/c1-4-11(2)10-14(16-3)13-7-5-6-12-8-9-17-15(12)13/h5-7,11,14,16H,4,8-10H2,1-3H3. The molecule has 0 saturated heterocycles. The van der Waals surface area contributed by atoms with Crippen molar-refractivity contribution in [2.75, 3.05) is 13.7 Å². The Morgan fingerprint density at radius 2 is 2.24 bits per heavy atom. The normalized spacial score (nSPS) is 17.4. The maximum atomic E-state index is 5.79. The molecule has 0 saturated carbocycles. The molecule has 1 aliphatic heterocycles. The third kappa shape index (κ3) is 2.63. The van der Waals surface area contributed by atoms with Crippen LogP contribution >= 0.6 is 0 Å². The SMILES string of the molecule is CCC(C)CC(NC)c1cccc2c1OCC2. The molecule has 2 nitrogen and oxygen atoms in total. The van der Waals surface area contributed by atoms with Crippen molar-refractivity contribution in [3.05, 3.63) is 29.3 Å². The van der Waals surface area contributed by atoms with Crippen LogP contribution in [-0.2, 0) is 6.42 Å². The Labute approximate surface area is 104 Å². The van der Waals surface area contributed by atoms with Crippen LogP contribution in [0.4, 0.5) is 0 Å². The molecule has 0 amide bonds. The molecule has 0 spiro atoms. The van der Waals surface area contributed by atoms with Crippen LogP contribution in [0, 0.1) is 5.92 Å². The molecule has 2 unspecified atom stereocenters. The molecular formula is C15H23NO. The molecule has 0 aromatic heterocycles. The van der Waals surface area contributed by atoms with Gasteiger partial charge in [0, 0.05) is 18.0 Å². The monoisotopic (exact) mass is 233 g/mol. The van der Waals surface area contributed by atoms with Gasteiger partial charge in [0.2, 0.25) is 0 Å². The van der Waals surface area contributed by atoms with Crippen LogP contribution in [0.25, 0.3) is 0 Å². The predicted molar refractivity (Wildman–Crippen MR) is 71.5 cm³/mol. The van der Waals surface area contributed by atoms with Gasteiger partial charge in [-0.15, -0.1) is 0 Å². The molecule has 94 valence electrons. The highest BCUT2D eigenvalue weighted by Gasteiger charge is 2.22. The lowest BCUT2D eigenvalue weighted by atomic mass is 9.92. The van der Waals surface area contributed by atoms with E-state index in [-0.39, 0.29) is 0 Å². The molecule has 1 N–H and O–H groups in total. The topological polar surface area (TPSA) is 21.3 Å². The van der Waals surface area contributed by atoms with Gasteiger partial charge >= 0.3 is 0 Å². The van der Waals surface area contributed by atoms with Gasteiger partial charge in [-0.2, -0.15) is 0 Å². The van der Waals surface area contributed by atoms with Crippen LogP contribution in [-0.4, -0.2) is 13.7 Å². The number of ether oxygens (including phenoxy) is 1. The van der Waals surface area contributed by atoms with Crippen LogP contribution in [0.3, 0.4) is 0 Å². The Morgan fingerprint density at radius 3 is 2.94 bits per heavy atom. The molecule has 0 radical (unpaired) electrons. The Balaban J connectivity index is 2.22. The maximum absolute atomic E-state index is 5.79. The van der Waals surface area contributed by atoms with E-state index < -0.39 is 0 Å². The Hall–Kier alpha value is -1.02. The second-order valence-corrected chi connectivity index (χ2v) is 5.02. The highest BCUT2D eigenvalue weighted by molar-refractivity contribution is 5.45.